The van der Waals surface area contributed by atoms with Crippen molar-refractivity contribution in [3.05, 3.63) is 54.2 Å². The van der Waals surface area contributed by atoms with Gasteiger partial charge in [0.2, 0.25) is 11.9 Å². The molecule has 0 radical (unpaired) electrons. The van der Waals surface area contributed by atoms with Crippen LogP contribution in [0, 0.1) is 5.41 Å². The number of fused-ring (bicyclic) bond motifs is 1. The molecule has 1 saturated heterocycles. The van der Waals surface area contributed by atoms with Gasteiger partial charge in [-0.25, -0.2) is 4.98 Å². The summed E-state index contributed by atoms with van der Waals surface area (Å²) >= 11 is 0. The summed E-state index contributed by atoms with van der Waals surface area (Å²) in [6.07, 6.45) is 1.67. The third-order valence-corrected chi connectivity index (χ3v) is 7.89. The second-order valence-electron chi connectivity index (χ2n) is 12.5. The summed E-state index contributed by atoms with van der Waals surface area (Å²) in [6.45, 7) is 13.0. The van der Waals surface area contributed by atoms with E-state index in [1.807, 2.05) is 42.2 Å². The van der Waals surface area contributed by atoms with Crippen molar-refractivity contribution in [2.75, 3.05) is 79.3 Å². The normalized spacial score (nSPS) is 17.5. The van der Waals surface area contributed by atoms with Crippen LogP contribution in [0.2, 0.25) is 0 Å². The number of rotatable bonds is 7. The largest absolute Gasteiger partial charge is 0.494 e. The Labute approximate surface area is 253 Å². The van der Waals surface area contributed by atoms with Gasteiger partial charge in [0.25, 0.3) is 5.91 Å². The van der Waals surface area contributed by atoms with Gasteiger partial charge in [0.15, 0.2) is 5.82 Å². The van der Waals surface area contributed by atoms with Crippen molar-refractivity contribution in [3.8, 4) is 5.75 Å². The average molecular weight is 587 g/mol. The molecule has 0 spiro atoms. The standard InChI is InChI=1S/C32H42N8O3/c1-21-30(42)38(6)26-19-33-31(36-28(26)40(21)20-32(2,3)4)35-25-13-10-23(18-27(25)43-7)34-29(41)22-8-11-24(12-9-22)39-16-14-37(5)15-17-39/h8-13,18-19,21H,14-17,20H2,1-7H3,(H,34,41)(H,33,35,36)/t21-/m1/s1. The Hall–Kier alpha value is -4.38. The lowest BCUT2D eigenvalue weighted by molar-refractivity contribution is -0.119. The molecular weight excluding hydrogens is 544 g/mol. The molecule has 43 heavy (non-hydrogen) atoms. The van der Waals surface area contributed by atoms with Crippen LogP contribution in [0.4, 0.5) is 34.5 Å². The maximum atomic E-state index is 13.0. The van der Waals surface area contributed by atoms with Gasteiger partial charge in [-0.15, -0.1) is 0 Å². The first-order valence-electron chi connectivity index (χ1n) is 14.6. The number of carbonyl (C=O) groups excluding carboxylic acids is 2. The minimum absolute atomic E-state index is 0.00587. The van der Waals surface area contributed by atoms with Crippen molar-refractivity contribution in [3.63, 3.8) is 0 Å². The van der Waals surface area contributed by atoms with Gasteiger partial charge in [0.05, 0.1) is 19.0 Å². The van der Waals surface area contributed by atoms with E-state index in [0.29, 0.717) is 46.7 Å². The summed E-state index contributed by atoms with van der Waals surface area (Å²) in [6, 6.07) is 12.8. The molecule has 3 aromatic rings. The molecule has 0 aliphatic carbocycles. The summed E-state index contributed by atoms with van der Waals surface area (Å²) in [5.41, 5.74) is 3.58. The van der Waals surface area contributed by atoms with Crippen LogP contribution in [0.5, 0.6) is 5.75 Å². The number of piperazine rings is 1. The fraction of sp³-hybridized carbons (Fsp3) is 0.438. The van der Waals surface area contributed by atoms with E-state index in [-0.39, 0.29) is 23.3 Å². The highest BCUT2D eigenvalue weighted by Crippen LogP contribution is 2.37. The zero-order valence-electron chi connectivity index (χ0n) is 26.1. The third-order valence-electron chi connectivity index (χ3n) is 7.89. The molecule has 2 aromatic carbocycles. The van der Waals surface area contributed by atoms with Crippen LogP contribution >= 0.6 is 0 Å². The van der Waals surface area contributed by atoms with Crippen LogP contribution in [-0.2, 0) is 4.79 Å². The topological polar surface area (TPSA) is 106 Å². The minimum Gasteiger partial charge on any atom is -0.494 e. The predicted octanol–water partition coefficient (Wildman–Crippen LogP) is 4.45. The van der Waals surface area contributed by atoms with Crippen LogP contribution in [-0.4, -0.2) is 86.7 Å². The van der Waals surface area contributed by atoms with E-state index in [1.54, 1.807) is 37.4 Å². The van der Waals surface area contributed by atoms with Crippen LogP contribution in [0.3, 0.4) is 0 Å². The van der Waals surface area contributed by atoms with E-state index in [1.165, 1.54) is 0 Å². The fourth-order valence-electron chi connectivity index (χ4n) is 5.40. The number of hydrogen-bond donors (Lipinski definition) is 2. The van der Waals surface area contributed by atoms with E-state index < -0.39 is 0 Å². The number of amides is 2. The highest BCUT2D eigenvalue weighted by Gasteiger charge is 2.37. The molecule has 1 atom stereocenters. The van der Waals surface area contributed by atoms with Crippen molar-refractivity contribution in [2.24, 2.45) is 5.41 Å². The van der Waals surface area contributed by atoms with Gasteiger partial charge in [-0.1, -0.05) is 20.8 Å². The van der Waals surface area contributed by atoms with Crippen LogP contribution in [0.25, 0.3) is 0 Å². The lowest BCUT2D eigenvalue weighted by Gasteiger charge is -2.41. The van der Waals surface area contributed by atoms with Gasteiger partial charge in [0.1, 0.15) is 17.5 Å². The summed E-state index contributed by atoms with van der Waals surface area (Å²) in [7, 11) is 5.46. The number of aromatic nitrogens is 2. The smallest absolute Gasteiger partial charge is 0.255 e. The molecule has 0 unspecified atom stereocenters. The SMILES string of the molecule is COc1cc(NC(=O)c2ccc(N3CCN(C)CC3)cc2)ccc1Nc1ncc2c(n1)N(CC(C)(C)C)[C@H](C)C(=O)N2C. The molecule has 1 fully saturated rings. The van der Waals surface area contributed by atoms with E-state index >= 15 is 0 Å². The number of nitrogens with zero attached hydrogens (tertiary/aromatic N) is 6. The molecule has 0 bridgehead atoms. The van der Waals surface area contributed by atoms with E-state index in [2.05, 4.69) is 53.2 Å². The molecule has 2 amide bonds. The lowest BCUT2D eigenvalue weighted by atomic mass is 9.94. The predicted molar refractivity (Wildman–Crippen MR) is 172 cm³/mol. The van der Waals surface area contributed by atoms with E-state index in [9.17, 15) is 9.59 Å². The zero-order valence-corrected chi connectivity index (χ0v) is 26.1. The molecule has 11 heteroatoms. The second-order valence-corrected chi connectivity index (χ2v) is 12.5. The lowest BCUT2D eigenvalue weighted by Crippen LogP contribution is -2.53. The Morgan fingerprint density at radius 1 is 1.05 bits per heavy atom. The Balaban J connectivity index is 1.30. The molecule has 228 valence electrons. The first-order chi connectivity index (χ1) is 20.4. The minimum atomic E-state index is -0.347. The molecule has 11 nitrogen and oxygen atoms in total. The maximum Gasteiger partial charge on any atom is 0.255 e. The molecule has 5 rings (SSSR count). The number of carbonyl (C=O) groups is 2. The van der Waals surface area contributed by atoms with Gasteiger partial charge in [-0.2, -0.15) is 4.98 Å². The summed E-state index contributed by atoms with van der Waals surface area (Å²) < 4.78 is 5.64. The van der Waals surface area contributed by atoms with Crippen molar-refractivity contribution >= 4 is 46.3 Å². The number of likely N-dealkylation sites (N-methyl/N-ethyl adjacent to an activating group) is 2. The summed E-state index contributed by atoms with van der Waals surface area (Å²) in [4.78, 5) is 43.5. The first-order valence-corrected chi connectivity index (χ1v) is 14.6. The van der Waals surface area contributed by atoms with Crippen LogP contribution in [0.15, 0.2) is 48.7 Å². The van der Waals surface area contributed by atoms with Gasteiger partial charge >= 0.3 is 0 Å². The Bertz CT molecular complexity index is 1480. The van der Waals surface area contributed by atoms with E-state index in [4.69, 9.17) is 9.72 Å². The number of ether oxygens (including phenoxy) is 1. The fourth-order valence-corrected chi connectivity index (χ4v) is 5.40. The summed E-state index contributed by atoms with van der Waals surface area (Å²) in [5, 5.41) is 6.22. The molecule has 2 aliphatic rings. The molecule has 0 saturated carbocycles. The molecule has 2 N–H and O–H groups in total. The van der Waals surface area contributed by atoms with Crippen molar-refractivity contribution in [2.45, 2.75) is 33.7 Å². The van der Waals surface area contributed by atoms with Crippen molar-refractivity contribution < 1.29 is 14.3 Å². The highest BCUT2D eigenvalue weighted by atomic mass is 16.5. The zero-order chi connectivity index (χ0) is 30.9. The van der Waals surface area contributed by atoms with E-state index in [0.717, 1.165) is 31.9 Å². The molecule has 3 heterocycles. The van der Waals surface area contributed by atoms with Gasteiger partial charge in [-0.05, 0) is 55.8 Å². The Morgan fingerprint density at radius 3 is 2.40 bits per heavy atom. The van der Waals surface area contributed by atoms with Gasteiger partial charge in [0, 0.05) is 62.8 Å². The second kappa shape index (κ2) is 12.1. The third kappa shape index (κ3) is 6.67. The number of anilines is 6. The number of benzene rings is 2. The van der Waals surface area contributed by atoms with Crippen molar-refractivity contribution in [1.82, 2.24) is 14.9 Å². The summed E-state index contributed by atoms with van der Waals surface area (Å²) in [5.74, 6) is 1.41. The highest BCUT2D eigenvalue weighted by molar-refractivity contribution is 6.05. The number of hydrogen-bond acceptors (Lipinski definition) is 9. The monoisotopic (exact) mass is 586 g/mol. The molecular formula is C32H42N8O3. The Kier molecular flexibility index (Phi) is 8.45. The Morgan fingerprint density at radius 2 is 1.74 bits per heavy atom. The van der Waals surface area contributed by atoms with Crippen molar-refractivity contribution in [1.29, 1.82) is 0 Å². The maximum absolute atomic E-state index is 13.0. The number of methoxy groups -OCH3 is 1. The quantitative estimate of drug-likeness (QED) is 0.415. The first kappa shape index (κ1) is 30.1. The average Bonchev–Trinajstić information content (AvgIpc) is 2.99. The molecule has 2 aliphatic heterocycles. The number of nitrogens with one attached hydrogen (secondary N) is 2. The molecule has 1 aromatic heterocycles. The van der Waals surface area contributed by atoms with Gasteiger partial charge in [-0.3, -0.25) is 9.59 Å². The van der Waals surface area contributed by atoms with Gasteiger partial charge < -0.3 is 35.0 Å². The van der Waals surface area contributed by atoms with Crippen LogP contribution < -0.4 is 30.1 Å². The van der Waals surface area contributed by atoms with Crippen LogP contribution in [0.1, 0.15) is 38.1 Å².